The first kappa shape index (κ1) is 19.3. The van der Waals surface area contributed by atoms with Crippen LogP contribution in [0.1, 0.15) is 23.7 Å². The number of carbonyl (C=O) groups excluding carboxylic acids is 1. The first-order valence-corrected chi connectivity index (χ1v) is 9.75. The van der Waals surface area contributed by atoms with Crippen molar-refractivity contribution in [2.75, 3.05) is 20.3 Å². The van der Waals surface area contributed by atoms with Crippen LogP contribution in [0.5, 0.6) is 11.5 Å². The Morgan fingerprint density at radius 2 is 2.04 bits per heavy atom. The minimum atomic E-state index is -0.128. The average molecular weight is 431 g/mol. The van der Waals surface area contributed by atoms with Gasteiger partial charge in [-0.2, -0.15) is 0 Å². The highest BCUT2D eigenvalue weighted by Gasteiger charge is 2.15. The topological polar surface area (TPSA) is 52.5 Å². The maximum atomic E-state index is 12.5. The van der Waals surface area contributed by atoms with Gasteiger partial charge in [0.2, 0.25) is 0 Å². The van der Waals surface area contributed by atoms with Crippen LogP contribution in [0.15, 0.2) is 53.1 Å². The number of aryl methyl sites for hydroxylation is 1. The Kier molecular flexibility index (Phi) is 6.40. The van der Waals surface area contributed by atoms with E-state index in [0.717, 1.165) is 13.0 Å². The van der Waals surface area contributed by atoms with Gasteiger partial charge >= 0.3 is 0 Å². The van der Waals surface area contributed by atoms with Crippen LogP contribution in [0.4, 0.5) is 0 Å². The van der Waals surface area contributed by atoms with Gasteiger partial charge in [0.05, 0.1) is 18.2 Å². The first-order chi connectivity index (χ1) is 13.1. The molecule has 0 atom stereocenters. The molecule has 1 heterocycles. The van der Waals surface area contributed by atoms with E-state index in [-0.39, 0.29) is 5.91 Å². The Morgan fingerprint density at radius 1 is 1.22 bits per heavy atom. The van der Waals surface area contributed by atoms with Gasteiger partial charge in [0.25, 0.3) is 5.91 Å². The molecule has 6 heteroatoms. The van der Waals surface area contributed by atoms with Gasteiger partial charge in [-0.3, -0.25) is 4.79 Å². The molecule has 1 aromatic heterocycles. The number of benzene rings is 2. The van der Waals surface area contributed by atoms with Crippen molar-refractivity contribution in [1.29, 1.82) is 0 Å². The number of hydrogen-bond acceptors (Lipinski definition) is 3. The number of amides is 1. The number of aromatic nitrogens is 1. The zero-order chi connectivity index (χ0) is 19.2. The summed E-state index contributed by atoms with van der Waals surface area (Å²) in [5.74, 6) is 1.02. The van der Waals surface area contributed by atoms with E-state index in [1.54, 1.807) is 19.2 Å². The highest BCUT2D eigenvalue weighted by Crippen LogP contribution is 2.36. The number of para-hydroxylation sites is 1. The molecule has 27 heavy (non-hydrogen) atoms. The molecule has 0 radical (unpaired) electrons. The van der Waals surface area contributed by atoms with Crippen LogP contribution in [-0.4, -0.2) is 30.7 Å². The van der Waals surface area contributed by atoms with Gasteiger partial charge < -0.3 is 19.4 Å². The minimum Gasteiger partial charge on any atom is -0.492 e. The summed E-state index contributed by atoms with van der Waals surface area (Å²) in [5.41, 5.74) is 1.75. The third-order valence-corrected chi connectivity index (χ3v) is 4.91. The second-order valence-corrected chi connectivity index (χ2v) is 6.95. The van der Waals surface area contributed by atoms with Crippen molar-refractivity contribution >= 4 is 32.7 Å². The summed E-state index contributed by atoms with van der Waals surface area (Å²) < 4.78 is 13.8. The zero-order valence-corrected chi connectivity index (χ0v) is 17.1. The van der Waals surface area contributed by atoms with Crippen LogP contribution >= 0.6 is 15.9 Å². The van der Waals surface area contributed by atoms with E-state index in [9.17, 15) is 4.79 Å². The van der Waals surface area contributed by atoms with E-state index in [1.165, 1.54) is 10.9 Å². The van der Waals surface area contributed by atoms with E-state index in [1.807, 2.05) is 19.1 Å². The highest BCUT2D eigenvalue weighted by atomic mass is 79.9. The molecule has 142 valence electrons. The zero-order valence-electron chi connectivity index (χ0n) is 15.5. The second kappa shape index (κ2) is 8.95. The summed E-state index contributed by atoms with van der Waals surface area (Å²) >= 11 is 3.44. The number of hydrogen-bond donors (Lipinski definition) is 1. The van der Waals surface area contributed by atoms with E-state index < -0.39 is 0 Å². The monoisotopic (exact) mass is 430 g/mol. The molecule has 3 rings (SSSR count). The Morgan fingerprint density at radius 3 is 2.81 bits per heavy atom. The summed E-state index contributed by atoms with van der Waals surface area (Å²) in [6.07, 6.45) is 2.93. The van der Waals surface area contributed by atoms with Crippen LogP contribution in [0.25, 0.3) is 10.9 Å². The lowest BCUT2D eigenvalue weighted by Crippen LogP contribution is -2.25. The molecule has 0 aliphatic rings. The summed E-state index contributed by atoms with van der Waals surface area (Å²) in [6, 6.07) is 13.9. The number of methoxy groups -OCH3 is 1. The quantitative estimate of drug-likeness (QED) is 0.529. The molecular formula is C21H23BrN2O3. The number of rotatable bonds is 8. The van der Waals surface area contributed by atoms with Crippen molar-refractivity contribution in [3.05, 3.63) is 58.7 Å². The fourth-order valence-corrected chi connectivity index (χ4v) is 3.65. The number of halogens is 1. The molecule has 1 amide bonds. The smallest absolute Gasteiger partial charge is 0.251 e. The predicted molar refractivity (Wildman–Crippen MR) is 111 cm³/mol. The van der Waals surface area contributed by atoms with E-state index in [2.05, 4.69) is 50.2 Å². The molecule has 0 saturated carbocycles. The second-order valence-electron chi connectivity index (χ2n) is 6.10. The average Bonchev–Trinajstić information content (AvgIpc) is 3.08. The molecule has 0 fully saturated rings. The van der Waals surface area contributed by atoms with Crippen molar-refractivity contribution in [1.82, 2.24) is 9.88 Å². The SMILES string of the molecule is CCOc1cc(C(=O)NCCCn2ccc3ccccc32)cc(Br)c1OC. The molecule has 0 saturated heterocycles. The predicted octanol–water partition coefficient (Wildman–Crippen LogP) is 4.63. The number of ether oxygens (including phenoxy) is 2. The molecule has 0 spiro atoms. The third kappa shape index (κ3) is 4.45. The van der Waals surface area contributed by atoms with Crippen molar-refractivity contribution < 1.29 is 14.3 Å². The van der Waals surface area contributed by atoms with Crippen molar-refractivity contribution in [3.8, 4) is 11.5 Å². The first-order valence-electron chi connectivity index (χ1n) is 8.96. The Hall–Kier alpha value is -2.47. The van der Waals surface area contributed by atoms with Gasteiger partial charge in [0.1, 0.15) is 0 Å². The normalized spacial score (nSPS) is 10.8. The van der Waals surface area contributed by atoms with Crippen molar-refractivity contribution in [2.24, 2.45) is 0 Å². The van der Waals surface area contributed by atoms with Gasteiger partial charge in [-0.1, -0.05) is 18.2 Å². The maximum absolute atomic E-state index is 12.5. The molecule has 0 unspecified atom stereocenters. The van der Waals surface area contributed by atoms with Gasteiger partial charge in [-0.25, -0.2) is 0 Å². The lowest BCUT2D eigenvalue weighted by atomic mass is 10.2. The lowest BCUT2D eigenvalue weighted by molar-refractivity contribution is 0.0952. The minimum absolute atomic E-state index is 0.128. The van der Waals surface area contributed by atoms with Gasteiger partial charge in [0, 0.05) is 30.4 Å². The molecule has 0 aliphatic heterocycles. The van der Waals surface area contributed by atoms with Crippen LogP contribution in [0.3, 0.4) is 0 Å². The van der Waals surface area contributed by atoms with E-state index in [0.29, 0.717) is 34.7 Å². The molecule has 0 bridgehead atoms. The number of nitrogens with zero attached hydrogens (tertiary/aromatic N) is 1. The van der Waals surface area contributed by atoms with Crippen LogP contribution in [0.2, 0.25) is 0 Å². The van der Waals surface area contributed by atoms with Crippen LogP contribution in [-0.2, 0) is 6.54 Å². The summed E-state index contributed by atoms with van der Waals surface area (Å²) in [4.78, 5) is 12.5. The largest absolute Gasteiger partial charge is 0.492 e. The molecule has 1 N–H and O–H groups in total. The van der Waals surface area contributed by atoms with Crippen LogP contribution in [0, 0.1) is 0 Å². The maximum Gasteiger partial charge on any atom is 0.251 e. The Bertz CT molecular complexity index is 936. The number of fused-ring (bicyclic) bond motifs is 1. The van der Waals surface area contributed by atoms with Gasteiger partial charge in [0.15, 0.2) is 11.5 Å². The third-order valence-electron chi connectivity index (χ3n) is 4.32. The molecule has 5 nitrogen and oxygen atoms in total. The standard InChI is InChI=1S/C21H23BrN2O3/c1-3-27-19-14-16(13-17(22)20(19)26-2)21(25)23-10-6-11-24-12-9-15-7-4-5-8-18(15)24/h4-5,7-9,12-14H,3,6,10-11H2,1-2H3,(H,23,25). The van der Waals surface area contributed by atoms with E-state index in [4.69, 9.17) is 9.47 Å². The Labute approximate surface area is 167 Å². The summed E-state index contributed by atoms with van der Waals surface area (Å²) in [6.45, 7) is 3.84. The Balaban J connectivity index is 1.59. The van der Waals surface area contributed by atoms with Gasteiger partial charge in [-0.15, -0.1) is 0 Å². The molecular weight excluding hydrogens is 408 g/mol. The van der Waals surface area contributed by atoms with Crippen LogP contribution < -0.4 is 14.8 Å². The fourth-order valence-electron chi connectivity index (χ4n) is 3.05. The summed E-state index contributed by atoms with van der Waals surface area (Å²) in [7, 11) is 1.58. The fraction of sp³-hybridized carbons (Fsp3) is 0.286. The number of carbonyl (C=O) groups is 1. The molecule has 0 aliphatic carbocycles. The lowest BCUT2D eigenvalue weighted by Gasteiger charge is -2.13. The van der Waals surface area contributed by atoms with Gasteiger partial charge in [-0.05, 0) is 58.9 Å². The van der Waals surface area contributed by atoms with Crippen molar-refractivity contribution in [3.63, 3.8) is 0 Å². The van der Waals surface area contributed by atoms with E-state index >= 15 is 0 Å². The van der Waals surface area contributed by atoms with Crippen molar-refractivity contribution in [2.45, 2.75) is 19.9 Å². The highest BCUT2D eigenvalue weighted by molar-refractivity contribution is 9.10. The summed E-state index contributed by atoms with van der Waals surface area (Å²) in [5, 5.41) is 4.20. The number of nitrogens with one attached hydrogen (secondary N) is 1. The molecule has 2 aromatic carbocycles. The molecule has 3 aromatic rings.